The Morgan fingerprint density at radius 3 is 2.65 bits per heavy atom. The number of carbonyl (C=O) groups is 1. The van der Waals surface area contributed by atoms with Crippen LogP contribution in [-0.4, -0.2) is 26.3 Å². The van der Waals surface area contributed by atoms with E-state index in [1.54, 1.807) is 0 Å². The highest BCUT2D eigenvalue weighted by atomic mass is 32.2. The molecule has 0 radical (unpaired) electrons. The summed E-state index contributed by atoms with van der Waals surface area (Å²) in [6.45, 7) is 2.06. The standard InChI is InChI=1S/C21H21N3OS/c1-14-6-8-16(9-7-14)20-22-23-21(24(20)2)26-13-19(25)18-11-10-15-4-3-5-17(15)12-18/h6-12H,3-5,13H2,1-2H3. The Labute approximate surface area is 157 Å². The SMILES string of the molecule is Cc1ccc(-c2nnc(SCC(=O)c3ccc4c(c3)CCC4)n2C)cc1. The highest BCUT2D eigenvalue weighted by Gasteiger charge is 2.16. The van der Waals surface area contributed by atoms with Crippen LogP contribution in [0.15, 0.2) is 47.6 Å². The predicted molar refractivity (Wildman–Crippen MR) is 105 cm³/mol. The van der Waals surface area contributed by atoms with Gasteiger partial charge in [-0.25, -0.2) is 0 Å². The molecule has 3 aromatic rings. The smallest absolute Gasteiger partial charge is 0.191 e. The van der Waals surface area contributed by atoms with E-state index in [1.165, 1.54) is 34.9 Å². The molecular weight excluding hydrogens is 342 g/mol. The minimum atomic E-state index is 0.143. The summed E-state index contributed by atoms with van der Waals surface area (Å²) < 4.78 is 1.95. The van der Waals surface area contributed by atoms with Gasteiger partial charge >= 0.3 is 0 Å². The molecule has 4 rings (SSSR count). The van der Waals surface area contributed by atoms with Crippen LogP contribution in [-0.2, 0) is 19.9 Å². The molecule has 1 heterocycles. The Morgan fingerprint density at radius 2 is 1.85 bits per heavy atom. The van der Waals surface area contributed by atoms with Crippen molar-refractivity contribution in [3.8, 4) is 11.4 Å². The van der Waals surface area contributed by atoms with Gasteiger partial charge in [0.1, 0.15) is 0 Å². The van der Waals surface area contributed by atoms with E-state index in [0.717, 1.165) is 34.9 Å². The monoisotopic (exact) mass is 363 g/mol. The molecule has 0 spiro atoms. The molecule has 132 valence electrons. The maximum atomic E-state index is 12.6. The van der Waals surface area contributed by atoms with Gasteiger partial charge in [0.25, 0.3) is 0 Å². The molecule has 0 saturated heterocycles. The Hall–Kier alpha value is -2.40. The zero-order valence-corrected chi connectivity index (χ0v) is 15.8. The van der Waals surface area contributed by atoms with Crippen molar-refractivity contribution in [2.75, 3.05) is 5.75 Å². The number of thioether (sulfide) groups is 1. The number of ketones is 1. The van der Waals surface area contributed by atoms with Crippen LogP contribution in [0.1, 0.15) is 33.5 Å². The lowest BCUT2D eigenvalue weighted by molar-refractivity contribution is 0.102. The Kier molecular flexibility index (Phi) is 4.64. The van der Waals surface area contributed by atoms with Crippen LogP contribution >= 0.6 is 11.8 Å². The van der Waals surface area contributed by atoms with Crippen LogP contribution in [0, 0.1) is 6.92 Å². The maximum Gasteiger partial charge on any atom is 0.191 e. The van der Waals surface area contributed by atoms with Gasteiger partial charge < -0.3 is 4.57 Å². The van der Waals surface area contributed by atoms with Crippen molar-refractivity contribution in [2.24, 2.45) is 7.05 Å². The summed E-state index contributed by atoms with van der Waals surface area (Å²) in [6.07, 6.45) is 3.43. The molecule has 0 fully saturated rings. The molecule has 1 aliphatic carbocycles. The van der Waals surface area contributed by atoms with Crippen LogP contribution in [0.5, 0.6) is 0 Å². The number of benzene rings is 2. The van der Waals surface area contributed by atoms with Gasteiger partial charge in [-0.1, -0.05) is 53.7 Å². The lowest BCUT2D eigenvalue weighted by atomic mass is 10.0. The normalized spacial score (nSPS) is 13.0. The average molecular weight is 363 g/mol. The summed E-state index contributed by atoms with van der Waals surface area (Å²) in [5, 5.41) is 9.32. The first-order chi connectivity index (χ1) is 12.6. The number of fused-ring (bicyclic) bond motifs is 1. The van der Waals surface area contributed by atoms with Crippen LogP contribution in [0.3, 0.4) is 0 Å². The first-order valence-corrected chi connectivity index (χ1v) is 9.84. The second kappa shape index (κ2) is 7.08. The fourth-order valence-corrected chi connectivity index (χ4v) is 4.16. The summed E-state index contributed by atoms with van der Waals surface area (Å²) >= 11 is 1.44. The molecule has 2 aromatic carbocycles. The number of aromatic nitrogens is 3. The molecule has 0 N–H and O–H groups in total. The zero-order valence-electron chi connectivity index (χ0n) is 15.0. The van der Waals surface area contributed by atoms with Crippen molar-refractivity contribution in [1.82, 2.24) is 14.8 Å². The molecule has 0 atom stereocenters. The third-order valence-electron chi connectivity index (χ3n) is 4.90. The van der Waals surface area contributed by atoms with Gasteiger partial charge in [0.15, 0.2) is 16.8 Å². The second-order valence-corrected chi connectivity index (χ2v) is 7.72. The Morgan fingerprint density at radius 1 is 1.08 bits per heavy atom. The fraction of sp³-hybridized carbons (Fsp3) is 0.286. The maximum absolute atomic E-state index is 12.6. The minimum Gasteiger partial charge on any atom is -0.305 e. The van der Waals surface area contributed by atoms with Crippen molar-refractivity contribution in [1.29, 1.82) is 0 Å². The van der Waals surface area contributed by atoms with E-state index in [-0.39, 0.29) is 5.78 Å². The van der Waals surface area contributed by atoms with Gasteiger partial charge in [-0.15, -0.1) is 10.2 Å². The molecule has 5 heteroatoms. The third kappa shape index (κ3) is 3.31. The molecule has 0 saturated carbocycles. The van der Waals surface area contributed by atoms with Crippen LogP contribution < -0.4 is 0 Å². The summed E-state index contributed by atoms with van der Waals surface area (Å²) in [4.78, 5) is 12.6. The molecule has 1 aromatic heterocycles. The molecule has 1 aliphatic rings. The highest BCUT2D eigenvalue weighted by Crippen LogP contribution is 2.26. The number of carbonyl (C=O) groups excluding carboxylic acids is 1. The summed E-state index contributed by atoms with van der Waals surface area (Å²) in [7, 11) is 1.94. The van der Waals surface area contributed by atoms with E-state index in [4.69, 9.17) is 0 Å². The first-order valence-electron chi connectivity index (χ1n) is 8.86. The predicted octanol–water partition coefficient (Wildman–Crippen LogP) is 4.25. The third-order valence-corrected chi connectivity index (χ3v) is 5.92. The van der Waals surface area contributed by atoms with E-state index in [0.29, 0.717) is 5.75 Å². The van der Waals surface area contributed by atoms with Gasteiger partial charge in [-0.05, 0) is 43.4 Å². The fourth-order valence-electron chi connectivity index (χ4n) is 3.35. The molecule has 0 aliphatic heterocycles. The average Bonchev–Trinajstić information content (AvgIpc) is 3.26. The number of Topliss-reactive ketones (excluding diaryl/α,β-unsaturated/α-hetero) is 1. The van der Waals surface area contributed by atoms with E-state index in [1.807, 2.05) is 29.8 Å². The topological polar surface area (TPSA) is 47.8 Å². The van der Waals surface area contributed by atoms with Crippen molar-refractivity contribution in [3.63, 3.8) is 0 Å². The van der Waals surface area contributed by atoms with Crippen LogP contribution in [0.4, 0.5) is 0 Å². The number of nitrogens with zero attached hydrogens (tertiary/aromatic N) is 3. The number of aryl methyl sites for hydroxylation is 3. The van der Waals surface area contributed by atoms with E-state index in [2.05, 4.69) is 41.4 Å². The quantitative estimate of drug-likeness (QED) is 0.502. The summed E-state index contributed by atoms with van der Waals surface area (Å²) in [5.41, 5.74) is 5.78. The number of rotatable bonds is 5. The van der Waals surface area contributed by atoms with Gasteiger partial charge in [-0.2, -0.15) is 0 Å². The molecule has 4 nitrogen and oxygen atoms in total. The molecule has 0 unspecified atom stereocenters. The van der Waals surface area contributed by atoms with Gasteiger partial charge in [0.05, 0.1) is 5.75 Å². The van der Waals surface area contributed by atoms with Gasteiger partial charge in [-0.3, -0.25) is 4.79 Å². The van der Waals surface area contributed by atoms with Crippen LogP contribution in [0.25, 0.3) is 11.4 Å². The van der Waals surface area contributed by atoms with Gasteiger partial charge in [0, 0.05) is 18.2 Å². The molecule has 0 bridgehead atoms. The lowest BCUT2D eigenvalue weighted by Crippen LogP contribution is -2.05. The zero-order chi connectivity index (χ0) is 18.1. The van der Waals surface area contributed by atoms with E-state index < -0.39 is 0 Å². The Bertz CT molecular complexity index is 960. The summed E-state index contributed by atoms with van der Waals surface area (Å²) in [6, 6.07) is 14.4. The first kappa shape index (κ1) is 17.0. The minimum absolute atomic E-state index is 0.143. The molecule has 0 amide bonds. The van der Waals surface area contributed by atoms with Crippen LogP contribution in [0.2, 0.25) is 0 Å². The second-order valence-electron chi connectivity index (χ2n) is 6.78. The number of hydrogen-bond acceptors (Lipinski definition) is 4. The van der Waals surface area contributed by atoms with Gasteiger partial charge in [0.2, 0.25) is 0 Å². The van der Waals surface area contributed by atoms with E-state index >= 15 is 0 Å². The largest absolute Gasteiger partial charge is 0.305 e. The summed E-state index contributed by atoms with van der Waals surface area (Å²) in [5.74, 6) is 1.33. The molecular formula is C21H21N3OS. The number of hydrogen-bond donors (Lipinski definition) is 0. The Balaban J connectivity index is 1.46. The van der Waals surface area contributed by atoms with Crippen molar-refractivity contribution >= 4 is 17.5 Å². The highest BCUT2D eigenvalue weighted by molar-refractivity contribution is 7.99. The van der Waals surface area contributed by atoms with Crippen molar-refractivity contribution < 1.29 is 4.79 Å². The molecule has 26 heavy (non-hydrogen) atoms. The van der Waals surface area contributed by atoms with E-state index in [9.17, 15) is 4.79 Å². The van der Waals surface area contributed by atoms with Crippen molar-refractivity contribution in [3.05, 3.63) is 64.7 Å². The lowest BCUT2D eigenvalue weighted by Gasteiger charge is -2.05. The van der Waals surface area contributed by atoms with Crippen molar-refractivity contribution in [2.45, 2.75) is 31.3 Å².